The summed E-state index contributed by atoms with van der Waals surface area (Å²) in [7, 11) is 2.02. The second kappa shape index (κ2) is 9.56. The summed E-state index contributed by atoms with van der Waals surface area (Å²) in [5, 5.41) is 19.4. The molecular weight excluding hydrogens is 416 g/mol. The van der Waals surface area contributed by atoms with Gasteiger partial charge < -0.3 is 9.84 Å². The van der Waals surface area contributed by atoms with Crippen LogP contribution in [0.5, 0.6) is 5.75 Å². The van der Waals surface area contributed by atoms with Crippen molar-refractivity contribution in [2.75, 3.05) is 6.61 Å². The van der Waals surface area contributed by atoms with Crippen LogP contribution in [0.3, 0.4) is 0 Å². The Morgan fingerprint density at radius 1 is 1.21 bits per heavy atom. The Morgan fingerprint density at radius 3 is 2.45 bits per heavy atom. The van der Waals surface area contributed by atoms with Crippen molar-refractivity contribution in [1.82, 2.24) is 9.36 Å². The number of carbonyl (C=O) groups excluding carboxylic acids is 1. The molecule has 1 aromatic heterocycles. The van der Waals surface area contributed by atoms with Crippen LogP contribution in [0.2, 0.25) is 0 Å². The molecule has 1 saturated carbocycles. The molecule has 0 unspecified atom stereocenters. The Kier molecular flexibility index (Phi) is 7.18. The number of hydrogen-bond donors (Lipinski definition) is 1. The van der Waals surface area contributed by atoms with Crippen molar-refractivity contribution < 1.29 is 14.6 Å². The summed E-state index contributed by atoms with van der Waals surface area (Å²) in [6, 6.07) is 8.74. The lowest BCUT2D eigenvalue weighted by Gasteiger charge is -2.21. The maximum atomic E-state index is 13.3. The van der Waals surface area contributed by atoms with E-state index in [9.17, 15) is 15.2 Å². The van der Waals surface area contributed by atoms with Gasteiger partial charge in [-0.1, -0.05) is 33.6 Å². The van der Waals surface area contributed by atoms with E-state index in [2.05, 4.69) is 41.2 Å². The number of aromatic nitrogens is 2. The lowest BCUT2D eigenvalue weighted by molar-refractivity contribution is 0.0281. The fourth-order valence-electron chi connectivity index (χ4n) is 4.33. The van der Waals surface area contributed by atoms with Crippen LogP contribution in [0.15, 0.2) is 29.3 Å². The quantitative estimate of drug-likeness (QED) is 0.715. The number of amides is 1. The monoisotopic (exact) mass is 452 g/mol. The van der Waals surface area contributed by atoms with Crippen molar-refractivity contribution in [2.45, 2.75) is 77.9 Å². The molecule has 1 heterocycles. The molecule has 0 bridgehead atoms. The van der Waals surface area contributed by atoms with Crippen LogP contribution < -0.4 is 10.2 Å². The van der Waals surface area contributed by atoms with Crippen molar-refractivity contribution in [3.63, 3.8) is 0 Å². The Morgan fingerprint density at radius 2 is 1.88 bits per heavy atom. The third-order valence-electron chi connectivity index (χ3n) is 6.05. The molecule has 1 aliphatic rings. The molecule has 33 heavy (non-hydrogen) atoms. The molecule has 3 rings (SSSR count). The smallest absolute Gasteiger partial charge is 0.282 e. The van der Waals surface area contributed by atoms with Gasteiger partial charge in [0.25, 0.3) is 5.91 Å². The SMILES string of the molecule is Cn1c(C(C)(C)C)cc(=NC(=O)c2cc(C#N)ccc2OCC(C)(C)O)n1CC1CCCC1. The molecular formula is C26H36N4O3. The van der Waals surface area contributed by atoms with Gasteiger partial charge in [0.2, 0.25) is 0 Å². The van der Waals surface area contributed by atoms with Crippen molar-refractivity contribution in [1.29, 1.82) is 5.26 Å². The zero-order chi connectivity index (χ0) is 24.4. The van der Waals surface area contributed by atoms with Gasteiger partial charge in [-0.3, -0.25) is 14.2 Å². The number of carbonyl (C=O) groups is 1. The van der Waals surface area contributed by atoms with Gasteiger partial charge in [0, 0.05) is 30.8 Å². The fraction of sp³-hybridized carbons (Fsp3) is 0.577. The summed E-state index contributed by atoms with van der Waals surface area (Å²) in [4.78, 5) is 17.8. The van der Waals surface area contributed by atoms with Gasteiger partial charge in [0.15, 0.2) is 5.49 Å². The lowest BCUT2D eigenvalue weighted by atomic mass is 9.92. The third kappa shape index (κ3) is 6.14. The van der Waals surface area contributed by atoms with Crippen molar-refractivity contribution in [3.05, 3.63) is 46.6 Å². The van der Waals surface area contributed by atoms with E-state index in [1.807, 2.05) is 13.1 Å². The molecule has 7 heteroatoms. The molecule has 0 saturated heterocycles. The molecule has 178 valence electrons. The van der Waals surface area contributed by atoms with Crippen LogP contribution in [0.4, 0.5) is 0 Å². The molecule has 0 aliphatic heterocycles. The van der Waals surface area contributed by atoms with Gasteiger partial charge in [0.1, 0.15) is 12.4 Å². The standard InChI is InChI=1S/C26H36N4O3/c1-25(2,3)22-14-23(30(29(22)6)16-18-9-7-8-10-18)28-24(31)20-13-19(15-27)11-12-21(20)33-17-26(4,5)32/h11-14,18,32H,7-10,16-17H2,1-6H3. The van der Waals surface area contributed by atoms with Gasteiger partial charge in [-0.05, 0) is 50.8 Å². The van der Waals surface area contributed by atoms with E-state index in [1.54, 1.807) is 26.0 Å². The van der Waals surface area contributed by atoms with Gasteiger partial charge in [-0.25, -0.2) is 0 Å². The first-order valence-electron chi connectivity index (χ1n) is 11.6. The first-order valence-corrected chi connectivity index (χ1v) is 11.6. The predicted molar refractivity (Wildman–Crippen MR) is 127 cm³/mol. The summed E-state index contributed by atoms with van der Waals surface area (Å²) in [5.41, 5.74) is 1.10. The number of nitriles is 1. The molecule has 1 amide bonds. The van der Waals surface area contributed by atoms with E-state index in [-0.39, 0.29) is 17.6 Å². The summed E-state index contributed by atoms with van der Waals surface area (Å²) in [6.45, 7) is 10.5. The molecule has 1 fully saturated rings. The highest BCUT2D eigenvalue weighted by Crippen LogP contribution is 2.27. The molecule has 7 nitrogen and oxygen atoms in total. The zero-order valence-corrected chi connectivity index (χ0v) is 20.7. The van der Waals surface area contributed by atoms with Gasteiger partial charge in [-0.2, -0.15) is 10.3 Å². The highest BCUT2D eigenvalue weighted by Gasteiger charge is 2.24. The van der Waals surface area contributed by atoms with E-state index in [4.69, 9.17) is 4.74 Å². The first-order chi connectivity index (χ1) is 15.4. The fourth-order valence-corrected chi connectivity index (χ4v) is 4.33. The average Bonchev–Trinajstić information content (AvgIpc) is 3.35. The van der Waals surface area contributed by atoms with Gasteiger partial charge in [0.05, 0.1) is 22.8 Å². The van der Waals surface area contributed by atoms with Gasteiger partial charge >= 0.3 is 0 Å². The topological polar surface area (TPSA) is 92.5 Å². The van der Waals surface area contributed by atoms with E-state index in [0.717, 1.165) is 12.2 Å². The number of aliphatic hydroxyl groups is 1. The minimum Gasteiger partial charge on any atom is -0.490 e. The number of ether oxygens (including phenoxy) is 1. The van der Waals surface area contributed by atoms with Crippen LogP contribution >= 0.6 is 0 Å². The molecule has 1 aromatic carbocycles. The van der Waals surface area contributed by atoms with Crippen molar-refractivity contribution in [3.8, 4) is 11.8 Å². The minimum atomic E-state index is -1.06. The molecule has 1 N–H and O–H groups in total. The highest BCUT2D eigenvalue weighted by atomic mass is 16.5. The number of rotatable bonds is 6. The van der Waals surface area contributed by atoms with Crippen LogP contribution in [0.1, 0.15) is 81.9 Å². The molecule has 0 radical (unpaired) electrons. The zero-order valence-electron chi connectivity index (χ0n) is 20.7. The normalized spacial score (nSPS) is 15.6. The van der Waals surface area contributed by atoms with E-state index >= 15 is 0 Å². The van der Waals surface area contributed by atoms with Crippen LogP contribution in [-0.4, -0.2) is 32.6 Å². The summed E-state index contributed by atoms with van der Waals surface area (Å²) >= 11 is 0. The molecule has 2 aromatic rings. The van der Waals surface area contributed by atoms with Crippen LogP contribution in [0.25, 0.3) is 0 Å². The number of nitrogens with zero attached hydrogens (tertiary/aromatic N) is 4. The average molecular weight is 453 g/mol. The van der Waals surface area contributed by atoms with Crippen molar-refractivity contribution >= 4 is 5.91 Å². The largest absolute Gasteiger partial charge is 0.490 e. The summed E-state index contributed by atoms with van der Waals surface area (Å²) in [5.74, 6) is 0.413. The number of benzene rings is 1. The van der Waals surface area contributed by atoms with E-state index in [1.165, 1.54) is 31.7 Å². The molecule has 0 spiro atoms. The number of hydrogen-bond acceptors (Lipinski definition) is 4. The Bertz CT molecular complexity index is 1110. The Labute approximate surface area is 196 Å². The van der Waals surface area contributed by atoms with Crippen LogP contribution in [-0.2, 0) is 19.0 Å². The van der Waals surface area contributed by atoms with Gasteiger partial charge in [-0.15, -0.1) is 0 Å². The van der Waals surface area contributed by atoms with Crippen molar-refractivity contribution in [2.24, 2.45) is 18.0 Å². The highest BCUT2D eigenvalue weighted by molar-refractivity contribution is 5.98. The first kappa shape index (κ1) is 24.8. The predicted octanol–water partition coefficient (Wildman–Crippen LogP) is 4.08. The summed E-state index contributed by atoms with van der Waals surface area (Å²) < 4.78 is 9.94. The van der Waals surface area contributed by atoms with E-state index in [0.29, 0.717) is 22.7 Å². The maximum Gasteiger partial charge on any atom is 0.282 e. The molecule has 1 aliphatic carbocycles. The third-order valence-corrected chi connectivity index (χ3v) is 6.05. The minimum absolute atomic E-state index is 0.0143. The van der Waals surface area contributed by atoms with E-state index < -0.39 is 11.5 Å². The second-order valence-corrected chi connectivity index (χ2v) is 10.7. The Balaban J connectivity index is 2.07. The molecule has 0 atom stereocenters. The van der Waals surface area contributed by atoms with Crippen LogP contribution in [0, 0.1) is 17.2 Å². The Hall–Kier alpha value is -2.85. The maximum absolute atomic E-state index is 13.3. The lowest BCUT2D eigenvalue weighted by Crippen LogP contribution is -2.29. The second-order valence-electron chi connectivity index (χ2n) is 10.7. The summed E-state index contributed by atoms with van der Waals surface area (Å²) in [6.07, 6.45) is 4.87.